The maximum absolute atomic E-state index is 13.0. The number of alkyl halides is 3. The molecule has 2 unspecified atom stereocenters. The second kappa shape index (κ2) is 5.76. The zero-order valence-corrected chi connectivity index (χ0v) is 12.4. The molecule has 3 rings (SSSR count). The van der Waals surface area contributed by atoms with E-state index in [0.29, 0.717) is 13.0 Å². The largest absolute Gasteiger partial charge is 0.416 e. The SMILES string of the molecule is O=C(NCc1cccs1)C1CC1c1ccccc1C(F)(F)F. The van der Waals surface area contributed by atoms with Gasteiger partial charge in [0.05, 0.1) is 12.1 Å². The summed E-state index contributed by atoms with van der Waals surface area (Å²) in [6, 6.07) is 9.32. The van der Waals surface area contributed by atoms with Gasteiger partial charge in [-0.2, -0.15) is 13.2 Å². The van der Waals surface area contributed by atoms with Gasteiger partial charge in [0.1, 0.15) is 0 Å². The van der Waals surface area contributed by atoms with Crippen LogP contribution in [0.2, 0.25) is 0 Å². The number of thiophene rings is 1. The van der Waals surface area contributed by atoms with Gasteiger partial charge >= 0.3 is 6.18 Å². The van der Waals surface area contributed by atoms with Crippen molar-refractivity contribution in [2.24, 2.45) is 5.92 Å². The van der Waals surface area contributed by atoms with Gasteiger partial charge in [-0.25, -0.2) is 0 Å². The third kappa shape index (κ3) is 3.16. The van der Waals surface area contributed by atoms with Crippen LogP contribution in [0.15, 0.2) is 41.8 Å². The average molecular weight is 325 g/mol. The average Bonchev–Trinajstić information content (AvgIpc) is 3.11. The van der Waals surface area contributed by atoms with Crippen LogP contribution >= 0.6 is 11.3 Å². The lowest BCUT2D eigenvalue weighted by atomic mass is 10.0. The molecule has 2 atom stereocenters. The number of carbonyl (C=O) groups is 1. The number of benzene rings is 1. The van der Waals surface area contributed by atoms with Gasteiger partial charge in [0.15, 0.2) is 0 Å². The Morgan fingerprint density at radius 3 is 2.68 bits per heavy atom. The number of hydrogen-bond donors (Lipinski definition) is 1. The molecule has 1 fully saturated rings. The van der Waals surface area contributed by atoms with Crippen LogP contribution in [0.5, 0.6) is 0 Å². The molecule has 0 saturated heterocycles. The second-order valence-corrected chi connectivity index (χ2v) is 6.36. The van der Waals surface area contributed by atoms with Gasteiger partial charge in [-0.05, 0) is 35.4 Å². The zero-order chi connectivity index (χ0) is 15.7. The van der Waals surface area contributed by atoms with Crippen LogP contribution < -0.4 is 5.32 Å². The summed E-state index contributed by atoms with van der Waals surface area (Å²) < 4.78 is 39.0. The molecular formula is C16H14F3NOS. The summed E-state index contributed by atoms with van der Waals surface area (Å²) in [5.74, 6) is -0.861. The second-order valence-electron chi connectivity index (χ2n) is 5.33. The number of hydrogen-bond acceptors (Lipinski definition) is 2. The molecular weight excluding hydrogens is 311 g/mol. The Hall–Kier alpha value is -1.82. The van der Waals surface area contributed by atoms with Crippen molar-refractivity contribution < 1.29 is 18.0 Å². The first kappa shape index (κ1) is 15.1. The fourth-order valence-corrected chi connectivity index (χ4v) is 3.27. The van der Waals surface area contributed by atoms with E-state index in [1.165, 1.54) is 23.5 Å². The third-order valence-corrected chi connectivity index (χ3v) is 4.69. The summed E-state index contributed by atoms with van der Waals surface area (Å²) >= 11 is 1.54. The smallest absolute Gasteiger partial charge is 0.351 e. The lowest BCUT2D eigenvalue weighted by Gasteiger charge is -2.12. The molecule has 116 valence electrons. The van der Waals surface area contributed by atoms with Gasteiger partial charge < -0.3 is 5.32 Å². The summed E-state index contributed by atoms with van der Waals surface area (Å²) in [5.41, 5.74) is -0.403. The van der Waals surface area contributed by atoms with Crippen molar-refractivity contribution >= 4 is 17.2 Å². The molecule has 1 aromatic carbocycles. The molecule has 1 saturated carbocycles. The van der Waals surface area contributed by atoms with E-state index in [-0.39, 0.29) is 23.3 Å². The van der Waals surface area contributed by atoms with Gasteiger partial charge in [-0.15, -0.1) is 11.3 Å². The molecule has 1 N–H and O–H groups in total. The van der Waals surface area contributed by atoms with Crippen molar-refractivity contribution in [3.05, 3.63) is 57.8 Å². The van der Waals surface area contributed by atoms with Gasteiger partial charge in [-0.3, -0.25) is 4.79 Å². The Morgan fingerprint density at radius 2 is 2.00 bits per heavy atom. The highest BCUT2D eigenvalue weighted by molar-refractivity contribution is 7.09. The molecule has 2 aromatic rings. The zero-order valence-electron chi connectivity index (χ0n) is 11.6. The first-order chi connectivity index (χ1) is 10.5. The van der Waals surface area contributed by atoms with Crippen molar-refractivity contribution in [3.63, 3.8) is 0 Å². The van der Waals surface area contributed by atoms with E-state index in [9.17, 15) is 18.0 Å². The Kier molecular flexibility index (Phi) is 3.95. The number of carbonyl (C=O) groups excluding carboxylic acids is 1. The Morgan fingerprint density at radius 1 is 1.23 bits per heavy atom. The number of amides is 1. The van der Waals surface area contributed by atoms with E-state index in [4.69, 9.17) is 0 Å². The van der Waals surface area contributed by atoms with E-state index in [2.05, 4.69) is 5.32 Å². The molecule has 1 aliphatic rings. The van der Waals surface area contributed by atoms with Crippen molar-refractivity contribution in [3.8, 4) is 0 Å². The van der Waals surface area contributed by atoms with Gasteiger partial charge in [0.2, 0.25) is 5.91 Å². The minimum Gasteiger partial charge on any atom is -0.351 e. The van der Waals surface area contributed by atoms with Crippen LogP contribution in [-0.2, 0) is 17.5 Å². The Balaban J connectivity index is 1.66. The molecule has 0 radical (unpaired) electrons. The fraction of sp³-hybridized carbons (Fsp3) is 0.312. The van der Waals surface area contributed by atoms with E-state index < -0.39 is 11.7 Å². The predicted molar refractivity (Wildman–Crippen MR) is 78.5 cm³/mol. The molecule has 2 nitrogen and oxygen atoms in total. The van der Waals surface area contributed by atoms with Crippen molar-refractivity contribution in [2.45, 2.75) is 25.1 Å². The van der Waals surface area contributed by atoms with Crippen LogP contribution in [0.25, 0.3) is 0 Å². The van der Waals surface area contributed by atoms with Gasteiger partial charge in [0.25, 0.3) is 0 Å². The predicted octanol–water partition coefficient (Wildman–Crippen LogP) is 4.19. The molecule has 0 bridgehead atoms. The summed E-state index contributed by atoms with van der Waals surface area (Å²) in [6.07, 6.45) is -3.90. The maximum atomic E-state index is 13.0. The normalized spacial score (nSPS) is 20.7. The summed E-state index contributed by atoms with van der Waals surface area (Å²) in [4.78, 5) is 13.1. The summed E-state index contributed by atoms with van der Waals surface area (Å²) in [6.45, 7) is 0.431. The van der Waals surface area contributed by atoms with Crippen molar-refractivity contribution in [2.75, 3.05) is 0 Å². The molecule has 1 aromatic heterocycles. The van der Waals surface area contributed by atoms with Gasteiger partial charge in [0, 0.05) is 10.8 Å². The Bertz CT molecular complexity index is 666. The van der Waals surface area contributed by atoms with Crippen LogP contribution in [0.1, 0.15) is 28.3 Å². The van der Waals surface area contributed by atoms with E-state index >= 15 is 0 Å². The molecule has 22 heavy (non-hydrogen) atoms. The minimum atomic E-state index is -4.38. The minimum absolute atomic E-state index is 0.171. The quantitative estimate of drug-likeness (QED) is 0.897. The monoisotopic (exact) mass is 325 g/mol. The lowest BCUT2D eigenvalue weighted by Crippen LogP contribution is -2.24. The lowest BCUT2D eigenvalue weighted by molar-refractivity contribution is -0.138. The standard InChI is InChI=1S/C16H14F3NOS/c17-16(18,19)14-6-2-1-5-11(14)12-8-13(12)15(21)20-9-10-4-3-7-22-10/h1-7,12-13H,8-9H2,(H,20,21). The molecule has 1 heterocycles. The highest BCUT2D eigenvalue weighted by Crippen LogP contribution is 2.51. The fourth-order valence-electron chi connectivity index (χ4n) is 2.63. The molecule has 6 heteroatoms. The van der Waals surface area contributed by atoms with Crippen LogP contribution in [0, 0.1) is 5.92 Å². The summed E-state index contributed by atoms with van der Waals surface area (Å²) in [5, 5.41) is 4.71. The van der Waals surface area contributed by atoms with Crippen molar-refractivity contribution in [1.82, 2.24) is 5.32 Å². The topological polar surface area (TPSA) is 29.1 Å². The highest BCUT2D eigenvalue weighted by Gasteiger charge is 2.47. The van der Waals surface area contributed by atoms with Crippen LogP contribution in [0.3, 0.4) is 0 Å². The first-order valence-corrected chi connectivity index (χ1v) is 7.81. The van der Waals surface area contributed by atoms with Crippen LogP contribution in [-0.4, -0.2) is 5.91 Å². The third-order valence-electron chi connectivity index (χ3n) is 3.81. The number of halogens is 3. The van der Waals surface area contributed by atoms with E-state index in [0.717, 1.165) is 10.9 Å². The Labute approximate surface area is 130 Å². The van der Waals surface area contributed by atoms with E-state index in [1.807, 2.05) is 17.5 Å². The molecule has 1 amide bonds. The van der Waals surface area contributed by atoms with E-state index in [1.54, 1.807) is 6.07 Å². The molecule has 0 spiro atoms. The first-order valence-electron chi connectivity index (χ1n) is 6.93. The maximum Gasteiger partial charge on any atom is 0.416 e. The van der Waals surface area contributed by atoms with Crippen LogP contribution in [0.4, 0.5) is 13.2 Å². The van der Waals surface area contributed by atoms with Crippen molar-refractivity contribution in [1.29, 1.82) is 0 Å². The number of nitrogens with one attached hydrogen (secondary N) is 1. The number of rotatable bonds is 4. The highest BCUT2D eigenvalue weighted by atomic mass is 32.1. The van der Waals surface area contributed by atoms with Gasteiger partial charge in [-0.1, -0.05) is 24.3 Å². The molecule has 0 aliphatic heterocycles. The summed E-state index contributed by atoms with van der Waals surface area (Å²) in [7, 11) is 0. The molecule has 1 aliphatic carbocycles.